The van der Waals surface area contributed by atoms with Gasteiger partial charge in [-0.3, -0.25) is 9.59 Å². The molecule has 4 nitrogen and oxygen atoms in total. The fraction of sp³-hybridized carbons (Fsp3) is 0.364. The summed E-state index contributed by atoms with van der Waals surface area (Å²) >= 11 is 9.46. The fourth-order valence-corrected chi connectivity index (χ4v) is 3.31. The van der Waals surface area contributed by atoms with E-state index in [0.29, 0.717) is 18.1 Å². The molecule has 0 saturated carbocycles. The molecular formula is C22H26BrClN2O2. The third-order valence-corrected chi connectivity index (χ3v) is 5.27. The van der Waals surface area contributed by atoms with Crippen molar-refractivity contribution in [2.24, 2.45) is 0 Å². The van der Waals surface area contributed by atoms with Crippen LogP contribution < -0.4 is 5.32 Å². The third-order valence-electron chi connectivity index (χ3n) is 4.51. The molecule has 0 aliphatic heterocycles. The average Bonchev–Trinajstić information content (AvgIpc) is 2.67. The molecule has 1 atom stereocenters. The zero-order chi connectivity index (χ0) is 20.5. The van der Waals surface area contributed by atoms with Crippen LogP contribution in [-0.2, 0) is 22.6 Å². The van der Waals surface area contributed by atoms with Gasteiger partial charge in [0.1, 0.15) is 6.04 Å². The minimum absolute atomic E-state index is 0.108. The molecule has 0 heterocycles. The van der Waals surface area contributed by atoms with Crippen LogP contribution in [0, 0.1) is 0 Å². The van der Waals surface area contributed by atoms with Gasteiger partial charge in [0.15, 0.2) is 0 Å². The molecule has 2 rings (SSSR count). The molecule has 1 unspecified atom stereocenters. The van der Waals surface area contributed by atoms with E-state index < -0.39 is 6.04 Å². The molecule has 2 aromatic rings. The van der Waals surface area contributed by atoms with Crippen LogP contribution in [0.1, 0.15) is 37.8 Å². The van der Waals surface area contributed by atoms with E-state index in [9.17, 15) is 9.59 Å². The number of amides is 2. The van der Waals surface area contributed by atoms with Gasteiger partial charge in [-0.2, -0.15) is 0 Å². The molecule has 0 fully saturated rings. The topological polar surface area (TPSA) is 49.4 Å². The number of carbonyl (C=O) groups is 2. The van der Waals surface area contributed by atoms with Crippen LogP contribution >= 0.6 is 27.5 Å². The van der Waals surface area contributed by atoms with Gasteiger partial charge in [-0.1, -0.05) is 65.1 Å². The van der Waals surface area contributed by atoms with Gasteiger partial charge >= 0.3 is 0 Å². The summed E-state index contributed by atoms with van der Waals surface area (Å²) in [4.78, 5) is 27.3. The number of halogens is 2. The van der Waals surface area contributed by atoms with E-state index in [1.165, 1.54) is 0 Å². The van der Waals surface area contributed by atoms with Crippen molar-refractivity contribution in [3.8, 4) is 0 Å². The molecule has 2 amide bonds. The van der Waals surface area contributed by atoms with E-state index in [1.807, 2.05) is 36.4 Å². The lowest BCUT2D eigenvalue weighted by atomic mass is 10.1. The highest BCUT2D eigenvalue weighted by Gasteiger charge is 2.26. The molecule has 0 aliphatic rings. The second-order valence-electron chi connectivity index (χ2n) is 6.78. The highest BCUT2D eigenvalue weighted by Crippen LogP contribution is 2.17. The van der Waals surface area contributed by atoms with E-state index in [-0.39, 0.29) is 18.2 Å². The summed E-state index contributed by atoms with van der Waals surface area (Å²) in [5.74, 6) is -0.242. The van der Waals surface area contributed by atoms with Gasteiger partial charge in [-0.15, -0.1) is 0 Å². The van der Waals surface area contributed by atoms with Gasteiger partial charge in [0.2, 0.25) is 11.8 Å². The molecule has 150 valence electrons. The molecule has 0 aromatic heterocycles. The van der Waals surface area contributed by atoms with Crippen molar-refractivity contribution < 1.29 is 9.59 Å². The lowest BCUT2D eigenvalue weighted by molar-refractivity contribution is -0.140. The van der Waals surface area contributed by atoms with Crippen molar-refractivity contribution in [1.82, 2.24) is 10.2 Å². The predicted octanol–water partition coefficient (Wildman–Crippen LogP) is 4.98. The van der Waals surface area contributed by atoms with Crippen molar-refractivity contribution in [3.63, 3.8) is 0 Å². The van der Waals surface area contributed by atoms with Gasteiger partial charge in [-0.25, -0.2) is 0 Å². The minimum Gasteiger partial charge on any atom is -0.354 e. The van der Waals surface area contributed by atoms with Crippen LogP contribution in [0.4, 0.5) is 0 Å². The summed E-state index contributed by atoms with van der Waals surface area (Å²) in [6.45, 7) is 4.84. The van der Waals surface area contributed by atoms with E-state index in [4.69, 9.17) is 11.6 Å². The molecule has 0 saturated heterocycles. The largest absolute Gasteiger partial charge is 0.354 e. The first-order chi connectivity index (χ1) is 13.4. The summed E-state index contributed by atoms with van der Waals surface area (Å²) in [6, 6.07) is 14.5. The molecule has 2 aromatic carbocycles. The molecule has 6 heteroatoms. The lowest BCUT2D eigenvalue weighted by Gasteiger charge is -2.29. The standard InChI is InChI=1S/C22H26BrClN2O2/c1-3-4-12-25-22(28)16(2)26(15-17-8-10-19(23)11-9-17)21(27)14-18-6-5-7-20(24)13-18/h5-11,13,16H,3-4,12,14-15H2,1-2H3,(H,25,28). The van der Waals surface area contributed by atoms with Crippen LogP contribution in [0.5, 0.6) is 0 Å². The number of nitrogens with zero attached hydrogens (tertiary/aromatic N) is 1. The molecule has 0 bridgehead atoms. The summed E-state index contributed by atoms with van der Waals surface area (Å²) in [7, 11) is 0. The number of carbonyl (C=O) groups excluding carboxylic acids is 2. The zero-order valence-electron chi connectivity index (χ0n) is 16.3. The highest BCUT2D eigenvalue weighted by atomic mass is 79.9. The molecule has 1 N–H and O–H groups in total. The van der Waals surface area contributed by atoms with Crippen molar-refractivity contribution in [1.29, 1.82) is 0 Å². The SMILES string of the molecule is CCCCNC(=O)C(C)N(Cc1ccc(Br)cc1)C(=O)Cc1cccc(Cl)c1. The Morgan fingerprint density at radius 2 is 1.86 bits per heavy atom. The first-order valence-corrected chi connectivity index (χ1v) is 10.6. The smallest absolute Gasteiger partial charge is 0.242 e. The maximum Gasteiger partial charge on any atom is 0.242 e. The van der Waals surface area contributed by atoms with E-state index in [0.717, 1.165) is 28.4 Å². The zero-order valence-corrected chi connectivity index (χ0v) is 18.6. The van der Waals surface area contributed by atoms with Crippen molar-refractivity contribution in [3.05, 3.63) is 69.2 Å². The van der Waals surface area contributed by atoms with E-state index in [1.54, 1.807) is 24.0 Å². The van der Waals surface area contributed by atoms with Crippen LogP contribution in [0.3, 0.4) is 0 Å². The van der Waals surface area contributed by atoms with Gasteiger partial charge in [-0.05, 0) is 48.7 Å². The summed E-state index contributed by atoms with van der Waals surface area (Å²) in [5.41, 5.74) is 1.80. The van der Waals surface area contributed by atoms with Gasteiger partial charge in [0.25, 0.3) is 0 Å². The van der Waals surface area contributed by atoms with Crippen molar-refractivity contribution in [2.75, 3.05) is 6.54 Å². The minimum atomic E-state index is -0.563. The third kappa shape index (κ3) is 6.95. The Bertz CT molecular complexity index is 795. The fourth-order valence-electron chi connectivity index (χ4n) is 2.83. The Balaban J connectivity index is 2.17. The van der Waals surface area contributed by atoms with Gasteiger partial charge in [0, 0.05) is 22.6 Å². The first-order valence-electron chi connectivity index (χ1n) is 9.46. The number of hydrogen-bond donors (Lipinski definition) is 1. The monoisotopic (exact) mass is 464 g/mol. The van der Waals surface area contributed by atoms with E-state index in [2.05, 4.69) is 28.2 Å². The average molecular weight is 466 g/mol. The highest BCUT2D eigenvalue weighted by molar-refractivity contribution is 9.10. The molecule has 28 heavy (non-hydrogen) atoms. The van der Waals surface area contributed by atoms with Gasteiger partial charge in [0.05, 0.1) is 6.42 Å². The lowest BCUT2D eigenvalue weighted by Crippen LogP contribution is -2.48. The Labute approximate surface area is 180 Å². The Kier molecular flexibility index (Phi) is 9.00. The van der Waals surface area contributed by atoms with Crippen molar-refractivity contribution >= 4 is 39.3 Å². The number of rotatable bonds is 9. The van der Waals surface area contributed by atoms with Crippen LogP contribution in [0.15, 0.2) is 53.0 Å². The predicted molar refractivity (Wildman–Crippen MR) is 117 cm³/mol. The summed E-state index contributed by atoms with van der Waals surface area (Å²) in [5, 5.41) is 3.52. The van der Waals surface area contributed by atoms with Crippen LogP contribution in [0.25, 0.3) is 0 Å². The van der Waals surface area contributed by atoms with E-state index >= 15 is 0 Å². The second kappa shape index (κ2) is 11.2. The second-order valence-corrected chi connectivity index (χ2v) is 8.13. The number of benzene rings is 2. The quantitative estimate of drug-likeness (QED) is 0.531. The summed E-state index contributed by atoms with van der Waals surface area (Å²) < 4.78 is 0.971. The maximum absolute atomic E-state index is 13.1. The number of hydrogen-bond acceptors (Lipinski definition) is 2. The Morgan fingerprint density at radius 1 is 1.14 bits per heavy atom. The summed E-state index contributed by atoms with van der Waals surface area (Å²) in [6.07, 6.45) is 2.12. The Hall–Kier alpha value is -1.85. The van der Waals surface area contributed by atoms with Crippen LogP contribution in [-0.4, -0.2) is 29.3 Å². The molecule has 0 radical (unpaired) electrons. The normalized spacial score (nSPS) is 11.7. The van der Waals surface area contributed by atoms with Gasteiger partial charge < -0.3 is 10.2 Å². The van der Waals surface area contributed by atoms with Crippen molar-refractivity contribution in [2.45, 2.75) is 45.7 Å². The number of nitrogens with one attached hydrogen (secondary N) is 1. The first kappa shape index (κ1) is 22.4. The maximum atomic E-state index is 13.1. The number of unbranched alkanes of at least 4 members (excludes halogenated alkanes) is 1. The molecule has 0 spiro atoms. The van der Waals surface area contributed by atoms with Crippen LogP contribution in [0.2, 0.25) is 5.02 Å². The Morgan fingerprint density at radius 3 is 2.50 bits per heavy atom. The molecular weight excluding hydrogens is 440 g/mol. The molecule has 0 aliphatic carbocycles.